The smallest absolute Gasteiger partial charge is 0.129 e. The van der Waals surface area contributed by atoms with Crippen LogP contribution in [0.25, 0.3) is 10.9 Å². The fourth-order valence-electron chi connectivity index (χ4n) is 6.77. The summed E-state index contributed by atoms with van der Waals surface area (Å²) >= 11 is 5.81. The average molecular weight is 521 g/mol. The number of anilines is 1. The van der Waals surface area contributed by atoms with Crippen LogP contribution in [0.4, 0.5) is 5.82 Å². The monoisotopic (exact) mass is 520 g/mol. The average Bonchev–Trinajstić information content (AvgIpc) is 3.19. The van der Waals surface area contributed by atoms with Crippen molar-refractivity contribution in [3.63, 3.8) is 0 Å². The van der Waals surface area contributed by atoms with Gasteiger partial charge in [0.2, 0.25) is 0 Å². The van der Waals surface area contributed by atoms with Crippen LogP contribution in [0.2, 0.25) is 0 Å². The van der Waals surface area contributed by atoms with Gasteiger partial charge in [-0.1, -0.05) is 50.4 Å². The summed E-state index contributed by atoms with van der Waals surface area (Å²) in [6.45, 7) is 11.8. The molecule has 1 aliphatic carbocycles. The molecule has 0 radical (unpaired) electrons. The highest BCUT2D eigenvalue weighted by Gasteiger charge is 2.22. The molecule has 202 valence electrons. The van der Waals surface area contributed by atoms with E-state index >= 15 is 0 Å². The van der Waals surface area contributed by atoms with E-state index in [4.69, 9.17) is 17.2 Å². The van der Waals surface area contributed by atoms with E-state index in [2.05, 4.69) is 45.9 Å². The van der Waals surface area contributed by atoms with E-state index in [0.717, 1.165) is 43.2 Å². The summed E-state index contributed by atoms with van der Waals surface area (Å²) in [6, 6.07) is 9.12. The van der Waals surface area contributed by atoms with Crippen LogP contribution in [0.1, 0.15) is 81.8 Å². The van der Waals surface area contributed by atoms with Crippen molar-refractivity contribution < 1.29 is 0 Å². The first-order chi connectivity index (χ1) is 18.1. The van der Waals surface area contributed by atoms with E-state index in [1.807, 2.05) is 0 Å². The van der Waals surface area contributed by atoms with Gasteiger partial charge in [0.1, 0.15) is 5.82 Å². The summed E-state index contributed by atoms with van der Waals surface area (Å²) in [6.07, 6.45) is 15.9. The summed E-state index contributed by atoms with van der Waals surface area (Å²) in [7, 11) is 0. The molecule has 2 aromatic rings. The van der Waals surface area contributed by atoms with Gasteiger partial charge in [-0.2, -0.15) is 0 Å². The van der Waals surface area contributed by atoms with E-state index in [1.54, 1.807) is 0 Å². The minimum atomic E-state index is 0.912. The predicted molar refractivity (Wildman–Crippen MR) is 162 cm³/mol. The molecular formula is C32H48N4S. The van der Waals surface area contributed by atoms with Gasteiger partial charge in [-0.3, -0.25) is 4.90 Å². The van der Waals surface area contributed by atoms with Crippen LogP contribution < -0.4 is 4.90 Å². The molecule has 1 aromatic heterocycles. The van der Waals surface area contributed by atoms with Crippen LogP contribution in [0.5, 0.6) is 0 Å². The quantitative estimate of drug-likeness (QED) is 0.338. The van der Waals surface area contributed by atoms with Crippen molar-refractivity contribution in [2.75, 3.05) is 57.3 Å². The Kier molecular flexibility index (Phi) is 9.85. The molecule has 0 atom stereocenters. The topological polar surface area (TPSA) is 22.6 Å². The van der Waals surface area contributed by atoms with Crippen molar-refractivity contribution in [3.05, 3.63) is 35.4 Å². The van der Waals surface area contributed by atoms with Gasteiger partial charge in [-0.05, 0) is 105 Å². The van der Waals surface area contributed by atoms with E-state index in [9.17, 15) is 0 Å². The maximum atomic E-state index is 5.81. The Bertz CT molecular complexity index is 1010. The third-order valence-corrected chi connectivity index (χ3v) is 9.38. The Morgan fingerprint density at radius 2 is 1.59 bits per heavy atom. The molecule has 3 fully saturated rings. The van der Waals surface area contributed by atoms with Crippen LogP contribution in [0.15, 0.2) is 24.3 Å². The Morgan fingerprint density at radius 3 is 2.35 bits per heavy atom. The van der Waals surface area contributed by atoms with Crippen molar-refractivity contribution >= 4 is 33.8 Å². The number of hydrogen-bond acceptors (Lipinski definition) is 5. The van der Waals surface area contributed by atoms with Crippen LogP contribution in [-0.2, 0) is 6.42 Å². The lowest BCUT2D eigenvalue weighted by Gasteiger charge is -2.38. The Hall–Kier alpha value is -1.56. The first kappa shape index (κ1) is 27.0. The lowest BCUT2D eigenvalue weighted by atomic mass is 9.89. The molecule has 0 bridgehead atoms. The second-order valence-electron chi connectivity index (χ2n) is 12.0. The van der Waals surface area contributed by atoms with Gasteiger partial charge >= 0.3 is 0 Å². The fourth-order valence-corrected chi connectivity index (χ4v) is 7.08. The number of benzene rings is 1. The highest BCUT2D eigenvalue weighted by molar-refractivity contribution is 7.80. The van der Waals surface area contributed by atoms with Crippen LogP contribution in [0.3, 0.4) is 0 Å². The number of pyridine rings is 1. The molecule has 2 aliphatic heterocycles. The summed E-state index contributed by atoms with van der Waals surface area (Å²) in [5, 5.41) is 1.28. The molecule has 3 aliphatic rings. The summed E-state index contributed by atoms with van der Waals surface area (Å²) in [5.74, 6) is 2.08. The molecule has 3 heterocycles. The summed E-state index contributed by atoms with van der Waals surface area (Å²) in [5.41, 5.74) is 3.79. The van der Waals surface area contributed by atoms with Crippen molar-refractivity contribution in [3.8, 4) is 0 Å². The molecule has 1 saturated carbocycles. The zero-order valence-corrected chi connectivity index (χ0v) is 24.0. The van der Waals surface area contributed by atoms with E-state index in [0.29, 0.717) is 0 Å². The van der Waals surface area contributed by atoms with Crippen LogP contribution >= 0.6 is 12.2 Å². The van der Waals surface area contributed by atoms with Crippen LogP contribution in [0, 0.1) is 12.8 Å². The highest BCUT2D eigenvalue weighted by Crippen LogP contribution is 2.27. The molecule has 4 nitrogen and oxygen atoms in total. The Morgan fingerprint density at radius 1 is 0.865 bits per heavy atom. The van der Waals surface area contributed by atoms with Gasteiger partial charge < -0.3 is 9.80 Å². The van der Waals surface area contributed by atoms with Gasteiger partial charge in [-0.15, -0.1) is 0 Å². The fraction of sp³-hybridized carbons (Fsp3) is 0.688. The van der Waals surface area contributed by atoms with E-state index in [-0.39, 0.29) is 0 Å². The first-order valence-corrected chi connectivity index (χ1v) is 15.7. The van der Waals surface area contributed by atoms with Gasteiger partial charge in [-0.25, -0.2) is 4.98 Å². The maximum Gasteiger partial charge on any atom is 0.129 e. The minimum Gasteiger partial charge on any atom is -0.354 e. The van der Waals surface area contributed by atoms with E-state index in [1.165, 1.54) is 125 Å². The molecule has 0 unspecified atom stereocenters. The number of piperazine rings is 1. The third-order valence-electron chi connectivity index (χ3n) is 9.03. The van der Waals surface area contributed by atoms with Crippen molar-refractivity contribution in [1.29, 1.82) is 0 Å². The lowest BCUT2D eigenvalue weighted by molar-refractivity contribution is 0.192. The number of thiocarbonyl (C=S) groups is 1. The maximum absolute atomic E-state index is 5.81. The molecule has 5 rings (SSSR count). The SMILES string of the molecule is Cc1cc(N2CCN(CC3CCCCC3)CC2)nc2ccc(CC(=S)CCCN3CCCCCC3)cc12. The number of rotatable bonds is 9. The standard InChI is InChI=1S/C32H48N4S/c1-26-22-32(36-20-18-35(19-21-36)25-27-10-5-4-6-11-27)33-31-14-13-28(24-30(26)31)23-29(37)12-9-17-34-15-7-2-3-8-16-34/h13-14,22,24,27H,2-12,15-21,23,25H2,1H3. The second kappa shape index (κ2) is 13.5. The van der Waals surface area contributed by atoms with Gasteiger partial charge in [0.05, 0.1) is 5.52 Å². The predicted octanol–water partition coefficient (Wildman–Crippen LogP) is 6.81. The molecule has 1 aromatic carbocycles. The number of fused-ring (bicyclic) bond motifs is 1. The molecule has 37 heavy (non-hydrogen) atoms. The van der Waals surface area contributed by atoms with Crippen molar-refractivity contribution in [2.24, 2.45) is 5.92 Å². The lowest BCUT2D eigenvalue weighted by Crippen LogP contribution is -2.48. The van der Waals surface area contributed by atoms with Gasteiger partial charge in [0, 0.05) is 44.5 Å². The number of aromatic nitrogens is 1. The molecule has 0 spiro atoms. The number of nitrogens with zero attached hydrogens (tertiary/aromatic N) is 4. The van der Waals surface area contributed by atoms with Crippen molar-refractivity contribution in [2.45, 2.75) is 84.0 Å². The third kappa shape index (κ3) is 7.74. The number of hydrogen-bond donors (Lipinski definition) is 0. The number of likely N-dealkylation sites (tertiary alicyclic amines) is 1. The first-order valence-electron chi connectivity index (χ1n) is 15.3. The molecule has 5 heteroatoms. The Balaban J connectivity index is 1.12. The van der Waals surface area contributed by atoms with Gasteiger partial charge in [0.25, 0.3) is 0 Å². The number of aryl methyl sites for hydroxylation is 1. The molecule has 0 N–H and O–H groups in total. The molecule has 2 saturated heterocycles. The zero-order valence-electron chi connectivity index (χ0n) is 23.2. The molecule has 0 amide bonds. The van der Waals surface area contributed by atoms with Crippen molar-refractivity contribution in [1.82, 2.24) is 14.8 Å². The van der Waals surface area contributed by atoms with E-state index < -0.39 is 0 Å². The zero-order chi connectivity index (χ0) is 25.5. The van der Waals surface area contributed by atoms with Crippen LogP contribution in [-0.4, -0.2) is 72.0 Å². The molecular weight excluding hydrogens is 472 g/mol. The largest absolute Gasteiger partial charge is 0.354 e. The summed E-state index contributed by atoms with van der Waals surface area (Å²) < 4.78 is 0. The minimum absolute atomic E-state index is 0.912. The highest BCUT2D eigenvalue weighted by atomic mass is 32.1. The second-order valence-corrected chi connectivity index (χ2v) is 12.6. The summed E-state index contributed by atoms with van der Waals surface area (Å²) in [4.78, 5) is 14.1. The normalized spacial score (nSPS) is 20.8. The Labute approximate surface area is 230 Å². The van der Waals surface area contributed by atoms with Gasteiger partial charge in [0.15, 0.2) is 0 Å².